The van der Waals surface area contributed by atoms with E-state index in [0.717, 1.165) is 32.5 Å². The minimum absolute atomic E-state index is 0.0397. The summed E-state index contributed by atoms with van der Waals surface area (Å²) in [4.78, 5) is 27.9. The zero-order chi connectivity index (χ0) is 14.5. The van der Waals surface area contributed by atoms with Crippen LogP contribution in [0.4, 0.5) is 0 Å². The molecule has 6 heteroatoms. The zero-order valence-corrected chi connectivity index (χ0v) is 12.4. The minimum Gasteiger partial charge on any atom is -0.469 e. The van der Waals surface area contributed by atoms with Crippen molar-refractivity contribution >= 4 is 11.9 Å². The first-order chi connectivity index (χ1) is 9.65. The van der Waals surface area contributed by atoms with Gasteiger partial charge in [0.05, 0.1) is 19.6 Å². The van der Waals surface area contributed by atoms with Crippen LogP contribution in [0, 0.1) is 5.92 Å². The molecule has 0 aliphatic carbocycles. The van der Waals surface area contributed by atoms with Crippen molar-refractivity contribution in [1.29, 1.82) is 0 Å². The van der Waals surface area contributed by atoms with Crippen molar-refractivity contribution in [3.63, 3.8) is 0 Å². The van der Waals surface area contributed by atoms with Gasteiger partial charge in [0, 0.05) is 32.2 Å². The molecule has 6 nitrogen and oxygen atoms in total. The lowest BCUT2D eigenvalue weighted by atomic mass is 9.97. The smallest absolute Gasteiger partial charge is 0.308 e. The SMILES string of the molecule is CCN(CC(=O)N1CCC(C(=O)OC)CC1)C1CNC1. The first-order valence-corrected chi connectivity index (χ1v) is 7.46. The van der Waals surface area contributed by atoms with Crippen molar-refractivity contribution in [2.24, 2.45) is 5.92 Å². The number of rotatable bonds is 5. The maximum absolute atomic E-state index is 12.3. The molecule has 0 saturated carbocycles. The Morgan fingerprint density at radius 1 is 1.30 bits per heavy atom. The molecule has 20 heavy (non-hydrogen) atoms. The monoisotopic (exact) mass is 283 g/mol. The van der Waals surface area contributed by atoms with Gasteiger partial charge in [0.25, 0.3) is 0 Å². The van der Waals surface area contributed by atoms with Crippen LogP contribution in [-0.4, -0.2) is 74.1 Å². The molecule has 0 atom stereocenters. The Morgan fingerprint density at radius 2 is 1.95 bits per heavy atom. The van der Waals surface area contributed by atoms with Gasteiger partial charge < -0.3 is 15.0 Å². The third-order valence-electron chi connectivity index (χ3n) is 4.40. The third kappa shape index (κ3) is 3.49. The highest BCUT2D eigenvalue weighted by atomic mass is 16.5. The number of hydrogen-bond acceptors (Lipinski definition) is 5. The molecule has 2 aliphatic rings. The molecule has 0 aromatic heterocycles. The van der Waals surface area contributed by atoms with Gasteiger partial charge in [-0.2, -0.15) is 0 Å². The van der Waals surface area contributed by atoms with Gasteiger partial charge in [-0.25, -0.2) is 0 Å². The Kier molecular flexibility index (Phi) is 5.37. The second-order valence-electron chi connectivity index (χ2n) is 5.55. The van der Waals surface area contributed by atoms with Crippen LogP contribution in [0.5, 0.6) is 0 Å². The highest BCUT2D eigenvalue weighted by Crippen LogP contribution is 2.19. The molecule has 0 radical (unpaired) electrons. The van der Waals surface area contributed by atoms with E-state index in [1.165, 1.54) is 7.11 Å². The van der Waals surface area contributed by atoms with Crippen LogP contribution in [0.1, 0.15) is 19.8 Å². The highest BCUT2D eigenvalue weighted by molar-refractivity contribution is 5.79. The number of likely N-dealkylation sites (N-methyl/N-ethyl adjacent to an activating group) is 1. The number of nitrogens with zero attached hydrogens (tertiary/aromatic N) is 2. The molecule has 0 aromatic carbocycles. The number of carbonyl (C=O) groups is 2. The fourth-order valence-corrected chi connectivity index (χ4v) is 2.84. The number of methoxy groups -OCH3 is 1. The van der Waals surface area contributed by atoms with Gasteiger partial charge in [-0.15, -0.1) is 0 Å². The summed E-state index contributed by atoms with van der Waals surface area (Å²) in [6.45, 7) is 6.77. The van der Waals surface area contributed by atoms with E-state index in [1.807, 2.05) is 4.90 Å². The predicted molar refractivity (Wildman–Crippen MR) is 75.2 cm³/mol. The van der Waals surface area contributed by atoms with Crippen molar-refractivity contribution in [2.75, 3.05) is 46.4 Å². The quantitative estimate of drug-likeness (QED) is 0.702. The van der Waals surface area contributed by atoms with E-state index in [1.54, 1.807) is 0 Å². The summed E-state index contributed by atoms with van der Waals surface area (Å²) in [7, 11) is 1.42. The van der Waals surface area contributed by atoms with Gasteiger partial charge in [-0.3, -0.25) is 14.5 Å². The molecular formula is C14H25N3O3. The molecule has 2 rings (SSSR count). The van der Waals surface area contributed by atoms with Crippen LogP contribution in [0.3, 0.4) is 0 Å². The van der Waals surface area contributed by atoms with E-state index in [4.69, 9.17) is 4.74 Å². The lowest BCUT2D eigenvalue weighted by Gasteiger charge is -2.39. The average molecular weight is 283 g/mol. The molecule has 0 bridgehead atoms. The molecule has 2 fully saturated rings. The standard InChI is InChI=1S/C14H25N3O3/c1-3-16(12-8-15-9-12)10-13(18)17-6-4-11(5-7-17)14(19)20-2/h11-12,15H,3-10H2,1-2H3. The number of carbonyl (C=O) groups excluding carboxylic acids is 2. The largest absolute Gasteiger partial charge is 0.469 e. The Labute approximate surface area is 120 Å². The van der Waals surface area contributed by atoms with Crippen LogP contribution in [0.25, 0.3) is 0 Å². The van der Waals surface area contributed by atoms with E-state index in [2.05, 4.69) is 17.1 Å². The summed E-state index contributed by atoms with van der Waals surface area (Å²) in [6, 6.07) is 0.497. The van der Waals surface area contributed by atoms with Crippen molar-refractivity contribution < 1.29 is 14.3 Å². The van der Waals surface area contributed by atoms with E-state index < -0.39 is 0 Å². The summed E-state index contributed by atoms with van der Waals surface area (Å²) in [5, 5.41) is 3.24. The van der Waals surface area contributed by atoms with Crippen molar-refractivity contribution in [2.45, 2.75) is 25.8 Å². The maximum Gasteiger partial charge on any atom is 0.308 e. The molecule has 114 valence electrons. The highest BCUT2D eigenvalue weighted by Gasteiger charge is 2.30. The average Bonchev–Trinajstić information content (AvgIpc) is 2.43. The zero-order valence-electron chi connectivity index (χ0n) is 12.4. The first kappa shape index (κ1) is 15.3. The van der Waals surface area contributed by atoms with Crippen LogP contribution < -0.4 is 5.32 Å². The Balaban J connectivity index is 1.77. The van der Waals surface area contributed by atoms with Crippen LogP contribution in [0.2, 0.25) is 0 Å². The Morgan fingerprint density at radius 3 is 2.40 bits per heavy atom. The topological polar surface area (TPSA) is 61.9 Å². The van der Waals surface area contributed by atoms with Crippen molar-refractivity contribution in [3.8, 4) is 0 Å². The lowest BCUT2D eigenvalue weighted by molar-refractivity contribution is -0.149. The molecule has 2 aliphatic heterocycles. The molecule has 0 spiro atoms. The van der Waals surface area contributed by atoms with Gasteiger partial charge in [-0.1, -0.05) is 6.92 Å². The van der Waals surface area contributed by atoms with Gasteiger partial charge >= 0.3 is 5.97 Å². The van der Waals surface area contributed by atoms with Gasteiger partial charge in [0.1, 0.15) is 0 Å². The summed E-state index contributed by atoms with van der Waals surface area (Å²) in [5.41, 5.74) is 0. The Hall–Kier alpha value is -1.14. The lowest BCUT2D eigenvalue weighted by Crippen LogP contribution is -2.59. The summed E-state index contributed by atoms with van der Waals surface area (Å²) in [5.74, 6) is -0.00273. The minimum atomic E-state index is -0.146. The van der Waals surface area contributed by atoms with Crippen LogP contribution >= 0.6 is 0 Å². The fraction of sp³-hybridized carbons (Fsp3) is 0.857. The van der Waals surface area contributed by atoms with Crippen molar-refractivity contribution in [1.82, 2.24) is 15.1 Å². The van der Waals surface area contributed by atoms with Crippen LogP contribution in [-0.2, 0) is 14.3 Å². The van der Waals surface area contributed by atoms with Gasteiger partial charge in [0.15, 0.2) is 0 Å². The number of hydrogen-bond donors (Lipinski definition) is 1. The molecule has 2 saturated heterocycles. The third-order valence-corrected chi connectivity index (χ3v) is 4.40. The van der Waals surface area contributed by atoms with Gasteiger partial charge in [0.2, 0.25) is 5.91 Å². The van der Waals surface area contributed by atoms with E-state index in [0.29, 0.717) is 25.7 Å². The summed E-state index contributed by atoms with van der Waals surface area (Å²) in [6.07, 6.45) is 1.44. The maximum atomic E-state index is 12.3. The van der Waals surface area contributed by atoms with Crippen molar-refractivity contribution in [3.05, 3.63) is 0 Å². The molecule has 1 N–H and O–H groups in total. The molecule has 0 aromatic rings. The normalized spacial score (nSPS) is 20.9. The summed E-state index contributed by atoms with van der Waals surface area (Å²) >= 11 is 0. The number of nitrogens with one attached hydrogen (secondary N) is 1. The molecule has 2 heterocycles. The molecular weight excluding hydrogens is 258 g/mol. The van der Waals surface area contributed by atoms with Gasteiger partial charge in [-0.05, 0) is 19.4 Å². The number of amides is 1. The Bertz CT molecular complexity index is 350. The fourth-order valence-electron chi connectivity index (χ4n) is 2.84. The molecule has 1 amide bonds. The number of ether oxygens (including phenoxy) is 1. The summed E-state index contributed by atoms with van der Waals surface area (Å²) < 4.78 is 4.76. The van der Waals surface area contributed by atoms with E-state index >= 15 is 0 Å². The first-order valence-electron chi connectivity index (χ1n) is 7.46. The van der Waals surface area contributed by atoms with E-state index in [-0.39, 0.29) is 17.8 Å². The van der Waals surface area contributed by atoms with Crippen LogP contribution in [0.15, 0.2) is 0 Å². The number of esters is 1. The number of piperidine rings is 1. The second-order valence-corrected chi connectivity index (χ2v) is 5.55. The second kappa shape index (κ2) is 7.04. The molecule has 0 unspecified atom stereocenters. The number of likely N-dealkylation sites (tertiary alicyclic amines) is 1. The van der Waals surface area contributed by atoms with E-state index in [9.17, 15) is 9.59 Å². The predicted octanol–water partition coefficient (Wildman–Crippen LogP) is -0.308.